The van der Waals surface area contributed by atoms with Gasteiger partial charge in [0.15, 0.2) is 11.6 Å². The van der Waals surface area contributed by atoms with Crippen molar-refractivity contribution in [1.82, 2.24) is 10.1 Å². The lowest BCUT2D eigenvalue weighted by Gasteiger charge is -2.01. The molecule has 4 nitrogen and oxygen atoms in total. The highest BCUT2D eigenvalue weighted by molar-refractivity contribution is 9.10. The molecule has 116 valence electrons. The number of aryl methyl sites for hydroxylation is 1. The summed E-state index contributed by atoms with van der Waals surface area (Å²) in [7, 11) is 0. The fourth-order valence-corrected chi connectivity index (χ4v) is 2.46. The Labute approximate surface area is 140 Å². The minimum Gasteiger partial charge on any atom is -0.334 e. The van der Waals surface area contributed by atoms with Crippen LogP contribution in [0, 0.1) is 12.7 Å². The molecule has 0 bridgehead atoms. The Morgan fingerprint density at radius 1 is 1.26 bits per heavy atom. The van der Waals surface area contributed by atoms with Crippen molar-refractivity contribution >= 4 is 21.7 Å². The third kappa shape index (κ3) is 3.53. The summed E-state index contributed by atoms with van der Waals surface area (Å²) in [5.41, 5.74) is 2.10. The van der Waals surface area contributed by atoms with Gasteiger partial charge >= 0.3 is 0 Å². The van der Waals surface area contributed by atoms with Crippen LogP contribution in [0.5, 0.6) is 0 Å². The van der Waals surface area contributed by atoms with Crippen LogP contribution in [0.1, 0.15) is 21.7 Å². The molecule has 2 aromatic carbocycles. The summed E-state index contributed by atoms with van der Waals surface area (Å²) >= 11 is 3.40. The van der Waals surface area contributed by atoms with Gasteiger partial charge in [0, 0.05) is 15.6 Å². The van der Waals surface area contributed by atoms with Gasteiger partial charge in [-0.3, -0.25) is 4.79 Å². The number of carbonyl (C=O) groups excluding carboxylic acids is 1. The number of benzene rings is 2. The SMILES string of the molecule is Cc1ccc(C(=O)Cc2noc(-c3cccc(F)c3)n2)cc1Br. The molecule has 0 N–H and O–H groups in total. The van der Waals surface area contributed by atoms with Crippen LogP contribution in [0.3, 0.4) is 0 Å². The predicted molar refractivity (Wildman–Crippen MR) is 86.6 cm³/mol. The summed E-state index contributed by atoms with van der Waals surface area (Å²) in [6.45, 7) is 1.95. The highest BCUT2D eigenvalue weighted by atomic mass is 79.9. The van der Waals surface area contributed by atoms with Gasteiger partial charge in [0.2, 0.25) is 0 Å². The summed E-state index contributed by atoms with van der Waals surface area (Å²) in [5, 5.41) is 3.79. The zero-order valence-corrected chi connectivity index (χ0v) is 13.8. The van der Waals surface area contributed by atoms with Crippen LogP contribution in [-0.2, 0) is 6.42 Å². The summed E-state index contributed by atoms with van der Waals surface area (Å²) < 4.78 is 19.2. The summed E-state index contributed by atoms with van der Waals surface area (Å²) in [5.74, 6) is -0.0385. The Morgan fingerprint density at radius 2 is 2.09 bits per heavy atom. The molecule has 23 heavy (non-hydrogen) atoms. The first-order valence-corrected chi connectivity index (χ1v) is 7.70. The van der Waals surface area contributed by atoms with E-state index in [1.165, 1.54) is 12.1 Å². The van der Waals surface area contributed by atoms with Crippen molar-refractivity contribution in [3.05, 3.63) is 69.7 Å². The molecule has 1 aromatic heterocycles. The van der Waals surface area contributed by atoms with E-state index >= 15 is 0 Å². The molecular weight excluding hydrogens is 363 g/mol. The van der Waals surface area contributed by atoms with Gasteiger partial charge in [-0.15, -0.1) is 0 Å². The number of aromatic nitrogens is 2. The number of halogens is 2. The Morgan fingerprint density at radius 3 is 2.83 bits per heavy atom. The number of nitrogens with zero attached hydrogens (tertiary/aromatic N) is 2. The second-order valence-electron chi connectivity index (χ2n) is 5.09. The third-order valence-electron chi connectivity index (χ3n) is 3.35. The van der Waals surface area contributed by atoms with Crippen LogP contribution >= 0.6 is 15.9 Å². The molecule has 3 aromatic rings. The van der Waals surface area contributed by atoms with Crippen LogP contribution in [0.15, 0.2) is 51.5 Å². The van der Waals surface area contributed by atoms with E-state index < -0.39 is 0 Å². The molecule has 0 radical (unpaired) electrons. The van der Waals surface area contributed by atoms with E-state index in [9.17, 15) is 9.18 Å². The molecule has 0 unspecified atom stereocenters. The van der Waals surface area contributed by atoms with Crippen molar-refractivity contribution in [2.24, 2.45) is 0 Å². The second-order valence-corrected chi connectivity index (χ2v) is 5.94. The van der Waals surface area contributed by atoms with Crippen LogP contribution in [0.25, 0.3) is 11.5 Å². The van der Waals surface area contributed by atoms with Gasteiger partial charge in [-0.1, -0.05) is 39.3 Å². The van der Waals surface area contributed by atoms with E-state index in [0.717, 1.165) is 10.0 Å². The maximum Gasteiger partial charge on any atom is 0.258 e. The van der Waals surface area contributed by atoms with E-state index in [0.29, 0.717) is 11.1 Å². The lowest BCUT2D eigenvalue weighted by Crippen LogP contribution is -2.05. The van der Waals surface area contributed by atoms with E-state index in [1.54, 1.807) is 24.3 Å². The lowest BCUT2D eigenvalue weighted by molar-refractivity contribution is 0.0990. The maximum atomic E-state index is 13.2. The van der Waals surface area contributed by atoms with Gasteiger partial charge in [0.25, 0.3) is 5.89 Å². The molecule has 0 spiro atoms. The van der Waals surface area contributed by atoms with Crippen molar-refractivity contribution in [2.75, 3.05) is 0 Å². The molecule has 0 saturated carbocycles. The first-order valence-electron chi connectivity index (χ1n) is 6.91. The van der Waals surface area contributed by atoms with Crippen molar-refractivity contribution in [3.63, 3.8) is 0 Å². The topological polar surface area (TPSA) is 56.0 Å². The summed E-state index contributed by atoms with van der Waals surface area (Å²) in [4.78, 5) is 16.4. The summed E-state index contributed by atoms with van der Waals surface area (Å²) in [6, 6.07) is 11.3. The zero-order valence-electron chi connectivity index (χ0n) is 12.2. The Hall–Kier alpha value is -2.34. The molecule has 1 heterocycles. The Kier molecular flexibility index (Phi) is 4.34. The average molecular weight is 375 g/mol. The molecule has 0 saturated heterocycles. The smallest absolute Gasteiger partial charge is 0.258 e. The number of Topliss-reactive ketones (excluding diaryl/α,β-unsaturated/α-hetero) is 1. The minimum atomic E-state index is -0.386. The van der Waals surface area contributed by atoms with Crippen LogP contribution in [-0.4, -0.2) is 15.9 Å². The average Bonchev–Trinajstić information content (AvgIpc) is 2.98. The van der Waals surface area contributed by atoms with Crippen molar-refractivity contribution in [1.29, 1.82) is 0 Å². The van der Waals surface area contributed by atoms with Crippen molar-refractivity contribution in [3.8, 4) is 11.5 Å². The first kappa shape index (κ1) is 15.6. The predicted octanol–water partition coefficient (Wildman–Crippen LogP) is 4.37. The van der Waals surface area contributed by atoms with Gasteiger partial charge in [-0.25, -0.2) is 4.39 Å². The molecule has 3 rings (SSSR count). The normalized spacial score (nSPS) is 10.7. The quantitative estimate of drug-likeness (QED) is 0.636. The van der Waals surface area contributed by atoms with Crippen LogP contribution in [0.4, 0.5) is 4.39 Å². The number of carbonyl (C=O) groups is 1. The molecule has 0 aliphatic heterocycles. The van der Waals surface area contributed by atoms with Gasteiger partial charge < -0.3 is 4.52 Å². The minimum absolute atomic E-state index is 0.0221. The number of hydrogen-bond donors (Lipinski definition) is 0. The van der Waals surface area contributed by atoms with Gasteiger partial charge in [-0.2, -0.15) is 4.98 Å². The third-order valence-corrected chi connectivity index (χ3v) is 4.21. The maximum absolute atomic E-state index is 13.2. The zero-order chi connectivity index (χ0) is 16.4. The van der Waals surface area contributed by atoms with Crippen molar-refractivity contribution in [2.45, 2.75) is 13.3 Å². The lowest BCUT2D eigenvalue weighted by atomic mass is 10.1. The van der Waals surface area contributed by atoms with E-state index in [4.69, 9.17) is 4.52 Å². The van der Waals surface area contributed by atoms with Gasteiger partial charge in [0.05, 0.1) is 6.42 Å². The molecule has 0 atom stereocenters. The first-order chi connectivity index (χ1) is 11.0. The molecule has 0 amide bonds. The van der Waals surface area contributed by atoms with E-state index in [1.807, 2.05) is 13.0 Å². The van der Waals surface area contributed by atoms with Crippen LogP contribution in [0.2, 0.25) is 0 Å². The largest absolute Gasteiger partial charge is 0.334 e. The fourth-order valence-electron chi connectivity index (χ4n) is 2.08. The van der Waals surface area contributed by atoms with Gasteiger partial charge in [0.1, 0.15) is 5.82 Å². The highest BCUT2D eigenvalue weighted by Gasteiger charge is 2.14. The number of rotatable bonds is 4. The number of hydrogen-bond acceptors (Lipinski definition) is 4. The highest BCUT2D eigenvalue weighted by Crippen LogP contribution is 2.20. The second kappa shape index (κ2) is 6.42. The Bertz CT molecular complexity index is 877. The summed E-state index contributed by atoms with van der Waals surface area (Å²) in [6.07, 6.45) is 0.0221. The molecular formula is C17H12BrFN2O2. The van der Waals surface area contributed by atoms with Gasteiger partial charge in [-0.05, 0) is 36.8 Å². The monoisotopic (exact) mass is 374 g/mol. The fraction of sp³-hybridized carbons (Fsp3) is 0.118. The van der Waals surface area contributed by atoms with E-state index in [-0.39, 0.29) is 29.7 Å². The standard InChI is InChI=1S/C17H12BrFN2O2/c1-10-5-6-11(8-14(10)18)15(22)9-16-20-17(23-21-16)12-3-2-4-13(19)7-12/h2-8H,9H2,1H3. The molecule has 6 heteroatoms. The van der Waals surface area contributed by atoms with E-state index in [2.05, 4.69) is 26.1 Å². The molecule has 0 aliphatic carbocycles. The molecule has 0 aliphatic rings. The molecule has 0 fully saturated rings. The van der Waals surface area contributed by atoms with Crippen molar-refractivity contribution < 1.29 is 13.7 Å². The van der Waals surface area contributed by atoms with Crippen LogP contribution < -0.4 is 0 Å². The number of ketones is 1. The Balaban J connectivity index is 1.78.